The van der Waals surface area contributed by atoms with Crippen LogP contribution in [0.4, 0.5) is 0 Å². The molecule has 3 nitrogen and oxygen atoms in total. The van der Waals surface area contributed by atoms with E-state index < -0.39 is 0 Å². The first-order valence-electron chi connectivity index (χ1n) is 8.12. The van der Waals surface area contributed by atoms with E-state index in [1.165, 1.54) is 0 Å². The molecule has 0 unspecified atom stereocenters. The van der Waals surface area contributed by atoms with Gasteiger partial charge in [-0.3, -0.25) is 4.79 Å². The van der Waals surface area contributed by atoms with Gasteiger partial charge in [-0.15, -0.1) is 0 Å². The number of nitrogens with zero attached hydrogens (tertiary/aromatic N) is 1. The van der Waals surface area contributed by atoms with Gasteiger partial charge in [0.2, 0.25) is 5.91 Å². The van der Waals surface area contributed by atoms with Crippen molar-refractivity contribution in [2.24, 2.45) is 5.41 Å². The molecule has 23 heavy (non-hydrogen) atoms. The largest absolute Gasteiger partial charge is 0.457 e. The molecule has 2 aromatic carbocycles. The normalized spacial score (nSPS) is 16.3. The van der Waals surface area contributed by atoms with Crippen molar-refractivity contribution >= 4 is 5.91 Å². The van der Waals surface area contributed by atoms with Crippen LogP contribution in [-0.2, 0) is 11.2 Å². The molecule has 0 aliphatic carbocycles. The number of rotatable bonds is 4. The zero-order chi connectivity index (χ0) is 16.3. The molecule has 1 fully saturated rings. The number of hydrogen-bond donors (Lipinski definition) is 0. The summed E-state index contributed by atoms with van der Waals surface area (Å²) in [6.07, 6.45) is 1.46. The lowest BCUT2D eigenvalue weighted by Crippen LogP contribution is -2.31. The monoisotopic (exact) mass is 309 g/mol. The predicted molar refractivity (Wildman–Crippen MR) is 91.6 cm³/mol. The average molecular weight is 309 g/mol. The molecule has 0 bridgehead atoms. The van der Waals surface area contributed by atoms with Crippen LogP contribution >= 0.6 is 0 Å². The van der Waals surface area contributed by atoms with E-state index in [0.717, 1.165) is 36.6 Å². The van der Waals surface area contributed by atoms with Gasteiger partial charge in [0.15, 0.2) is 0 Å². The minimum atomic E-state index is 0.180. The molecule has 1 aliphatic rings. The predicted octanol–water partition coefficient (Wildman–Crippen LogP) is 4.28. The molecule has 1 aliphatic heterocycles. The van der Waals surface area contributed by atoms with E-state index in [-0.39, 0.29) is 11.3 Å². The summed E-state index contributed by atoms with van der Waals surface area (Å²) in [6.45, 7) is 6.13. The van der Waals surface area contributed by atoms with Crippen molar-refractivity contribution < 1.29 is 9.53 Å². The molecule has 1 amide bonds. The summed E-state index contributed by atoms with van der Waals surface area (Å²) in [7, 11) is 0. The fourth-order valence-electron chi connectivity index (χ4n) is 2.96. The maximum atomic E-state index is 12.6. The number of carbonyl (C=O) groups excluding carboxylic acids is 1. The lowest BCUT2D eigenvalue weighted by Gasteiger charge is -2.20. The van der Waals surface area contributed by atoms with Crippen molar-refractivity contribution in [1.29, 1.82) is 0 Å². The average Bonchev–Trinajstić information content (AvgIpc) is 2.90. The zero-order valence-corrected chi connectivity index (χ0v) is 13.8. The van der Waals surface area contributed by atoms with Crippen LogP contribution < -0.4 is 4.74 Å². The standard InChI is InChI=1S/C20H23NO2/c1-20(2)12-13-21(15-20)19(22)14-16-8-6-7-11-18(16)23-17-9-4-3-5-10-17/h3-11H,12-15H2,1-2H3. The number of amides is 1. The Bertz CT molecular complexity index is 679. The number of benzene rings is 2. The van der Waals surface area contributed by atoms with Crippen LogP contribution in [0.15, 0.2) is 54.6 Å². The van der Waals surface area contributed by atoms with Crippen molar-refractivity contribution in [3.63, 3.8) is 0 Å². The van der Waals surface area contributed by atoms with E-state index in [2.05, 4.69) is 13.8 Å². The summed E-state index contributed by atoms with van der Waals surface area (Å²) in [5, 5.41) is 0. The smallest absolute Gasteiger partial charge is 0.227 e. The first-order valence-corrected chi connectivity index (χ1v) is 8.12. The minimum Gasteiger partial charge on any atom is -0.457 e. The van der Waals surface area contributed by atoms with Gasteiger partial charge in [-0.1, -0.05) is 50.2 Å². The van der Waals surface area contributed by atoms with Crippen LogP contribution in [0.1, 0.15) is 25.8 Å². The molecular weight excluding hydrogens is 286 g/mol. The van der Waals surface area contributed by atoms with Gasteiger partial charge < -0.3 is 9.64 Å². The van der Waals surface area contributed by atoms with E-state index in [1.54, 1.807) is 0 Å². The van der Waals surface area contributed by atoms with E-state index in [9.17, 15) is 4.79 Å². The number of hydrogen-bond acceptors (Lipinski definition) is 2. The van der Waals surface area contributed by atoms with Crippen molar-refractivity contribution in [1.82, 2.24) is 4.90 Å². The molecule has 0 N–H and O–H groups in total. The highest BCUT2D eigenvalue weighted by atomic mass is 16.5. The van der Waals surface area contributed by atoms with Gasteiger partial charge in [0.1, 0.15) is 11.5 Å². The minimum absolute atomic E-state index is 0.180. The van der Waals surface area contributed by atoms with E-state index in [4.69, 9.17) is 4.74 Å². The van der Waals surface area contributed by atoms with Gasteiger partial charge in [0.05, 0.1) is 6.42 Å². The highest BCUT2D eigenvalue weighted by Crippen LogP contribution is 2.30. The third kappa shape index (κ3) is 3.92. The number of para-hydroxylation sites is 2. The Kier molecular flexibility index (Phi) is 4.37. The summed E-state index contributed by atoms with van der Waals surface area (Å²) in [5.41, 5.74) is 1.17. The van der Waals surface area contributed by atoms with E-state index in [1.807, 2.05) is 59.5 Å². The van der Waals surface area contributed by atoms with Crippen molar-refractivity contribution in [3.8, 4) is 11.5 Å². The van der Waals surface area contributed by atoms with E-state index in [0.29, 0.717) is 6.42 Å². The molecule has 3 heteroatoms. The Balaban J connectivity index is 1.72. The van der Waals surface area contributed by atoms with Crippen LogP contribution in [0, 0.1) is 5.41 Å². The Hall–Kier alpha value is -2.29. The van der Waals surface area contributed by atoms with Crippen LogP contribution in [-0.4, -0.2) is 23.9 Å². The first-order chi connectivity index (χ1) is 11.0. The maximum absolute atomic E-state index is 12.6. The fraction of sp³-hybridized carbons (Fsp3) is 0.350. The summed E-state index contributed by atoms with van der Waals surface area (Å²) in [4.78, 5) is 14.5. The summed E-state index contributed by atoms with van der Waals surface area (Å²) >= 11 is 0. The Morgan fingerprint density at radius 2 is 1.78 bits per heavy atom. The third-order valence-electron chi connectivity index (χ3n) is 4.32. The Morgan fingerprint density at radius 1 is 1.09 bits per heavy atom. The second-order valence-corrected chi connectivity index (χ2v) is 6.93. The molecule has 1 heterocycles. The highest BCUT2D eigenvalue weighted by Gasteiger charge is 2.32. The Morgan fingerprint density at radius 3 is 2.48 bits per heavy atom. The number of carbonyl (C=O) groups is 1. The second kappa shape index (κ2) is 6.45. The molecule has 0 spiro atoms. The lowest BCUT2D eigenvalue weighted by molar-refractivity contribution is -0.129. The topological polar surface area (TPSA) is 29.5 Å². The van der Waals surface area contributed by atoms with Gasteiger partial charge in [-0.05, 0) is 30.0 Å². The van der Waals surface area contributed by atoms with Crippen molar-refractivity contribution in [2.75, 3.05) is 13.1 Å². The number of ether oxygens (including phenoxy) is 1. The Labute approximate surface area is 137 Å². The summed E-state index contributed by atoms with van der Waals surface area (Å²) in [5.74, 6) is 1.72. The van der Waals surface area contributed by atoms with Gasteiger partial charge in [0, 0.05) is 18.7 Å². The van der Waals surface area contributed by atoms with Crippen LogP contribution in [0.3, 0.4) is 0 Å². The summed E-state index contributed by atoms with van der Waals surface area (Å²) < 4.78 is 5.94. The molecular formula is C20H23NO2. The van der Waals surface area contributed by atoms with Gasteiger partial charge in [-0.25, -0.2) is 0 Å². The highest BCUT2D eigenvalue weighted by molar-refractivity contribution is 5.80. The quantitative estimate of drug-likeness (QED) is 0.843. The molecule has 3 rings (SSSR count). The SMILES string of the molecule is CC1(C)CCN(C(=O)Cc2ccccc2Oc2ccccc2)C1. The van der Waals surface area contributed by atoms with Crippen LogP contribution in [0.25, 0.3) is 0 Å². The van der Waals surface area contributed by atoms with Crippen molar-refractivity contribution in [2.45, 2.75) is 26.7 Å². The van der Waals surface area contributed by atoms with Crippen molar-refractivity contribution in [3.05, 3.63) is 60.2 Å². The first kappa shape index (κ1) is 15.6. The molecule has 0 radical (unpaired) electrons. The third-order valence-corrected chi connectivity index (χ3v) is 4.32. The van der Waals surface area contributed by atoms with Crippen LogP contribution in [0.5, 0.6) is 11.5 Å². The molecule has 0 saturated carbocycles. The second-order valence-electron chi connectivity index (χ2n) is 6.93. The van der Waals surface area contributed by atoms with Gasteiger partial charge >= 0.3 is 0 Å². The van der Waals surface area contributed by atoms with Gasteiger partial charge in [-0.2, -0.15) is 0 Å². The maximum Gasteiger partial charge on any atom is 0.227 e. The fourth-order valence-corrected chi connectivity index (χ4v) is 2.96. The molecule has 0 atom stereocenters. The number of likely N-dealkylation sites (tertiary alicyclic amines) is 1. The molecule has 2 aromatic rings. The van der Waals surface area contributed by atoms with E-state index >= 15 is 0 Å². The lowest BCUT2D eigenvalue weighted by atomic mass is 9.93. The zero-order valence-electron chi connectivity index (χ0n) is 13.8. The van der Waals surface area contributed by atoms with Crippen LogP contribution in [0.2, 0.25) is 0 Å². The molecule has 120 valence electrons. The summed E-state index contributed by atoms with van der Waals surface area (Å²) in [6, 6.07) is 17.5. The molecule has 0 aromatic heterocycles. The van der Waals surface area contributed by atoms with Gasteiger partial charge in [0.25, 0.3) is 0 Å². The molecule has 1 saturated heterocycles.